The Hall–Kier alpha value is -3.34. The van der Waals surface area contributed by atoms with Crippen LogP contribution in [0, 0.1) is 0 Å². The Kier molecular flexibility index (Phi) is 12.5. The highest BCUT2D eigenvalue weighted by Crippen LogP contribution is 2.31. The van der Waals surface area contributed by atoms with E-state index in [0.29, 0.717) is 18.4 Å². The average Bonchev–Trinajstić information content (AvgIpc) is 2.83. The van der Waals surface area contributed by atoms with Gasteiger partial charge in [-0.1, -0.05) is 26.8 Å². The topological polar surface area (TPSA) is 150 Å². The maximum absolute atomic E-state index is 12.4. The van der Waals surface area contributed by atoms with Crippen molar-refractivity contribution >= 4 is 24.2 Å². The van der Waals surface area contributed by atoms with Crippen molar-refractivity contribution in [3.63, 3.8) is 0 Å². The van der Waals surface area contributed by atoms with E-state index in [0.717, 1.165) is 0 Å². The molecule has 1 aromatic carbocycles. The molecule has 11 nitrogen and oxygen atoms in total. The summed E-state index contributed by atoms with van der Waals surface area (Å²) in [6.07, 6.45) is -1.35. The highest BCUT2D eigenvalue weighted by atomic mass is 16.8. The summed E-state index contributed by atoms with van der Waals surface area (Å²) in [6.45, 7) is 13.8. The summed E-state index contributed by atoms with van der Waals surface area (Å²) in [6, 6.07) is 3.29. The van der Waals surface area contributed by atoms with Crippen molar-refractivity contribution in [1.82, 2.24) is 0 Å². The molecule has 0 spiro atoms. The summed E-state index contributed by atoms with van der Waals surface area (Å²) in [5.41, 5.74) is 4.96. The summed E-state index contributed by atoms with van der Waals surface area (Å²) in [7, 11) is 0. The average molecular weight is 540 g/mol. The van der Waals surface area contributed by atoms with E-state index in [-0.39, 0.29) is 30.9 Å². The Morgan fingerprint density at radius 3 is 1.89 bits per heavy atom. The lowest BCUT2D eigenvalue weighted by atomic mass is 10.1. The molecule has 0 heterocycles. The Morgan fingerprint density at radius 2 is 1.39 bits per heavy atom. The van der Waals surface area contributed by atoms with Crippen molar-refractivity contribution in [3.8, 4) is 11.5 Å². The first-order chi connectivity index (χ1) is 17.6. The van der Waals surface area contributed by atoms with E-state index >= 15 is 0 Å². The predicted molar refractivity (Wildman–Crippen MR) is 138 cm³/mol. The van der Waals surface area contributed by atoms with Crippen molar-refractivity contribution in [1.29, 1.82) is 0 Å². The molecule has 0 bridgehead atoms. The van der Waals surface area contributed by atoms with Gasteiger partial charge in [0.05, 0.1) is 0 Å². The fraction of sp³-hybridized carbons (Fsp3) is 0.630. The van der Waals surface area contributed by atoms with Crippen molar-refractivity contribution in [2.75, 3.05) is 6.61 Å². The number of rotatable bonds is 13. The van der Waals surface area contributed by atoms with Crippen molar-refractivity contribution in [3.05, 3.63) is 23.8 Å². The third-order valence-electron chi connectivity index (χ3n) is 5.66. The molecule has 1 rings (SSSR count). The molecule has 0 saturated heterocycles. The van der Waals surface area contributed by atoms with Crippen LogP contribution in [0.3, 0.4) is 0 Å². The van der Waals surface area contributed by atoms with E-state index in [1.807, 2.05) is 13.8 Å². The van der Waals surface area contributed by atoms with Gasteiger partial charge in [-0.05, 0) is 71.6 Å². The fourth-order valence-electron chi connectivity index (χ4n) is 2.63. The number of hydrogen-bond acceptors (Lipinski definition) is 11. The Morgan fingerprint density at radius 1 is 0.868 bits per heavy atom. The molecule has 0 aliphatic carbocycles. The quantitative estimate of drug-likeness (QED) is 0.208. The van der Waals surface area contributed by atoms with Gasteiger partial charge < -0.3 is 34.2 Å². The third kappa shape index (κ3) is 11.8. The molecule has 0 saturated carbocycles. The van der Waals surface area contributed by atoms with Gasteiger partial charge in [0, 0.05) is 6.42 Å². The molecule has 0 fully saturated rings. The van der Waals surface area contributed by atoms with Gasteiger partial charge in [-0.3, -0.25) is 9.59 Å². The van der Waals surface area contributed by atoms with Crippen LogP contribution in [0.15, 0.2) is 18.2 Å². The second kappa shape index (κ2) is 14.6. The fourth-order valence-corrected chi connectivity index (χ4v) is 2.63. The largest absolute Gasteiger partial charge is 0.514 e. The zero-order valence-electron chi connectivity index (χ0n) is 23.6. The molecule has 1 aromatic rings. The molecule has 0 aliphatic rings. The van der Waals surface area contributed by atoms with Crippen molar-refractivity contribution in [2.45, 2.75) is 104 Å². The van der Waals surface area contributed by atoms with Gasteiger partial charge in [-0.25, -0.2) is 9.59 Å². The Labute approximate surface area is 224 Å². The lowest BCUT2D eigenvalue weighted by molar-refractivity contribution is -0.158. The monoisotopic (exact) mass is 539 g/mol. The second-order valence-electron chi connectivity index (χ2n) is 10.0. The minimum absolute atomic E-state index is 0.0136. The van der Waals surface area contributed by atoms with Crippen LogP contribution < -0.4 is 15.2 Å². The van der Waals surface area contributed by atoms with Gasteiger partial charge in [0.15, 0.2) is 11.5 Å². The highest BCUT2D eigenvalue weighted by Gasteiger charge is 2.27. The number of carbonyl (C=O) groups is 4. The van der Waals surface area contributed by atoms with E-state index in [1.165, 1.54) is 12.1 Å². The highest BCUT2D eigenvalue weighted by molar-refractivity contribution is 5.76. The molecule has 2 N–H and O–H groups in total. The van der Waals surface area contributed by atoms with E-state index in [4.69, 9.17) is 34.2 Å². The summed E-state index contributed by atoms with van der Waals surface area (Å²) >= 11 is 0. The number of ether oxygens (including phenoxy) is 6. The van der Waals surface area contributed by atoms with Gasteiger partial charge in [0.25, 0.3) is 0 Å². The van der Waals surface area contributed by atoms with E-state index < -0.39 is 47.6 Å². The van der Waals surface area contributed by atoms with Gasteiger partial charge >= 0.3 is 24.2 Å². The molecule has 0 unspecified atom stereocenters. The van der Waals surface area contributed by atoms with E-state index in [2.05, 4.69) is 0 Å². The first kappa shape index (κ1) is 32.7. The minimum atomic E-state index is -1.07. The normalized spacial score (nSPS) is 13.1. The lowest BCUT2D eigenvalue weighted by Crippen LogP contribution is -2.37. The minimum Gasteiger partial charge on any atom is -0.462 e. The van der Waals surface area contributed by atoms with Gasteiger partial charge in [-0.15, -0.1) is 0 Å². The van der Waals surface area contributed by atoms with Crippen molar-refractivity contribution in [2.24, 2.45) is 5.73 Å². The first-order valence-corrected chi connectivity index (χ1v) is 12.7. The zero-order chi connectivity index (χ0) is 29.1. The summed E-state index contributed by atoms with van der Waals surface area (Å²) in [5, 5.41) is 0. The SMILES string of the molecule is CCC(=O)OC[C@H](C)OC(=O)[C@@H](N)Cc1ccc(OC(=O)OC(C)(C)CC)c(OC(=O)OC(C)(C)CC)c1. The molecular formula is C27H41NO10. The number of carbonyl (C=O) groups excluding carboxylic acids is 4. The smallest absolute Gasteiger partial charge is 0.462 e. The molecule has 2 atom stereocenters. The van der Waals surface area contributed by atoms with Crippen LogP contribution in [0.1, 0.15) is 80.2 Å². The number of nitrogens with two attached hydrogens (primary N) is 1. The first-order valence-electron chi connectivity index (χ1n) is 12.7. The standard InChI is InChI=1S/C27H41NO10/c1-9-22(29)33-16-17(4)34-23(30)19(28)14-18-12-13-20(35-24(31)37-26(5,6)10-2)21(15-18)36-25(32)38-27(7,8)11-3/h12-13,15,17,19H,9-11,14,16,28H2,1-8H3/t17-,19-/m0/s1. The molecule has 0 amide bonds. The summed E-state index contributed by atoms with van der Waals surface area (Å²) in [4.78, 5) is 48.5. The van der Waals surface area contributed by atoms with Gasteiger partial charge in [0.1, 0.15) is 30.0 Å². The van der Waals surface area contributed by atoms with Crippen LogP contribution >= 0.6 is 0 Å². The van der Waals surface area contributed by atoms with Crippen LogP contribution in [0.4, 0.5) is 9.59 Å². The van der Waals surface area contributed by atoms with Gasteiger partial charge in [0.2, 0.25) is 0 Å². The van der Waals surface area contributed by atoms with Crippen LogP contribution in [0.5, 0.6) is 11.5 Å². The van der Waals surface area contributed by atoms with Crippen molar-refractivity contribution < 1.29 is 47.6 Å². The van der Waals surface area contributed by atoms with Crippen LogP contribution in [-0.4, -0.2) is 54.2 Å². The number of esters is 2. The Balaban J connectivity index is 3.04. The van der Waals surface area contributed by atoms with Crippen LogP contribution in [-0.2, 0) is 35.0 Å². The van der Waals surface area contributed by atoms with E-state index in [9.17, 15) is 19.2 Å². The lowest BCUT2D eigenvalue weighted by Gasteiger charge is -2.24. The summed E-state index contributed by atoms with van der Waals surface area (Å²) in [5.74, 6) is -1.32. The van der Waals surface area contributed by atoms with Crippen LogP contribution in [0.25, 0.3) is 0 Å². The molecule has 38 heavy (non-hydrogen) atoms. The molecular weight excluding hydrogens is 498 g/mol. The number of hydrogen-bond donors (Lipinski definition) is 1. The molecule has 11 heteroatoms. The maximum Gasteiger partial charge on any atom is 0.514 e. The third-order valence-corrected chi connectivity index (χ3v) is 5.66. The zero-order valence-corrected chi connectivity index (χ0v) is 23.6. The van der Waals surface area contributed by atoms with E-state index in [1.54, 1.807) is 47.6 Å². The number of benzene rings is 1. The predicted octanol–water partition coefficient (Wildman–Crippen LogP) is 4.85. The second-order valence-corrected chi connectivity index (χ2v) is 10.0. The molecule has 214 valence electrons. The summed E-state index contributed by atoms with van der Waals surface area (Å²) < 4.78 is 31.5. The maximum atomic E-state index is 12.4. The Bertz CT molecular complexity index is 973. The molecule has 0 aromatic heterocycles. The van der Waals surface area contributed by atoms with Gasteiger partial charge in [-0.2, -0.15) is 0 Å². The molecule has 0 aliphatic heterocycles. The molecule has 0 radical (unpaired) electrons. The van der Waals surface area contributed by atoms with Crippen LogP contribution in [0.2, 0.25) is 0 Å².